The molecule has 3 rings (SSSR count). The van der Waals surface area contributed by atoms with E-state index in [1.54, 1.807) is 0 Å². The second-order valence-electron chi connectivity index (χ2n) is 9.88. The lowest BCUT2D eigenvalue weighted by Gasteiger charge is -2.21. The SMILES string of the molecule is CC(C)(C)C(=O)Cc1cn(-c2ccccc2)c(-c2ccccc2)c1C(=O)C(C)(C)C. The zero-order valence-electron chi connectivity index (χ0n) is 18.8. The Kier molecular flexibility index (Phi) is 5.85. The van der Waals surface area contributed by atoms with Gasteiger partial charge in [-0.25, -0.2) is 0 Å². The van der Waals surface area contributed by atoms with Crippen molar-refractivity contribution in [3.63, 3.8) is 0 Å². The number of para-hydroxylation sites is 1. The van der Waals surface area contributed by atoms with E-state index in [1.165, 1.54) is 0 Å². The van der Waals surface area contributed by atoms with Gasteiger partial charge < -0.3 is 4.57 Å². The van der Waals surface area contributed by atoms with Crippen molar-refractivity contribution in [1.29, 1.82) is 0 Å². The maximum atomic E-state index is 13.6. The van der Waals surface area contributed by atoms with Crippen LogP contribution in [-0.2, 0) is 11.2 Å². The predicted molar refractivity (Wildman–Crippen MR) is 123 cm³/mol. The minimum atomic E-state index is -0.564. The molecule has 0 amide bonds. The molecule has 0 saturated carbocycles. The fourth-order valence-electron chi connectivity index (χ4n) is 3.43. The lowest BCUT2D eigenvalue weighted by Crippen LogP contribution is -2.25. The summed E-state index contributed by atoms with van der Waals surface area (Å²) in [6.07, 6.45) is 2.21. The molecule has 0 radical (unpaired) electrons. The van der Waals surface area contributed by atoms with E-state index >= 15 is 0 Å². The van der Waals surface area contributed by atoms with E-state index < -0.39 is 10.8 Å². The van der Waals surface area contributed by atoms with Crippen molar-refractivity contribution in [2.45, 2.75) is 48.0 Å². The highest BCUT2D eigenvalue weighted by Crippen LogP contribution is 2.36. The van der Waals surface area contributed by atoms with Gasteiger partial charge in [-0.05, 0) is 23.3 Å². The van der Waals surface area contributed by atoms with E-state index in [2.05, 4.69) is 4.57 Å². The fourth-order valence-corrected chi connectivity index (χ4v) is 3.43. The summed E-state index contributed by atoms with van der Waals surface area (Å²) in [6.45, 7) is 11.6. The van der Waals surface area contributed by atoms with Gasteiger partial charge in [0, 0.05) is 34.7 Å². The van der Waals surface area contributed by atoms with E-state index in [1.807, 2.05) is 108 Å². The number of hydrogen-bond donors (Lipinski definition) is 0. The van der Waals surface area contributed by atoms with Crippen LogP contribution in [0.1, 0.15) is 57.5 Å². The molecule has 1 aromatic heterocycles. The van der Waals surface area contributed by atoms with Crippen molar-refractivity contribution in [2.24, 2.45) is 10.8 Å². The van der Waals surface area contributed by atoms with Crippen LogP contribution in [0.2, 0.25) is 0 Å². The quantitative estimate of drug-likeness (QED) is 0.456. The Morgan fingerprint density at radius 3 is 1.80 bits per heavy atom. The molecule has 0 aliphatic rings. The van der Waals surface area contributed by atoms with Crippen LogP contribution in [0.4, 0.5) is 0 Å². The number of carbonyl (C=O) groups excluding carboxylic acids is 2. The van der Waals surface area contributed by atoms with E-state index in [0.717, 1.165) is 22.5 Å². The van der Waals surface area contributed by atoms with E-state index in [4.69, 9.17) is 0 Å². The van der Waals surface area contributed by atoms with Crippen LogP contribution >= 0.6 is 0 Å². The first-order valence-corrected chi connectivity index (χ1v) is 10.4. The molecule has 3 aromatic rings. The summed E-state index contributed by atoms with van der Waals surface area (Å²) in [7, 11) is 0. The number of Topliss-reactive ketones (excluding diaryl/α,β-unsaturated/α-hetero) is 2. The van der Waals surface area contributed by atoms with Crippen molar-refractivity contribution in [1.82, 2.24) is 4.57 Å². The second-order valence-corrected chi connectivity index (χ2v) is 9.88. The number of nitrogens with zero attached hydrogens (tertiary/aromatic N) is 1. The zero-order chi connectivity index (χ0) is 22.1. The number of aromatic nitrogens is 1. The molecule has 0 spiro atoms. The van der Waals surface area contributed by atoms with E-state index in [0.29, 0.717) is 5.56 Å². The van der Waals surface area contributed by atoms with Gasteiger partial charge in [0.2, 0.25) is 0 Å². The monoisotopic (exact) mass is 401 g/mol. The summed E-state index contributed by atoms with van der Waals surface area (Å²) in [6, 6.07) is 19.9. The number of carbonyl (C=O) groups is 2. The van der Waals surface area contributed by atoms with Gasteiger partial charge in [-0.15, -0.1) is 0 Å². The van der Waals surface area contributed by atoms with Crippen LogP contribution in [0.25, 0.3) is 16.9 Å². The Hall–Kier alpha value is -2.94. The van der Waals surface area contributed by atoms with Gasteiger partial charge in [-0.2, -0.15) is 0 Å². The highest BCUT2D eigenvalue weighted by Gasteiger charge is 2.33. The molecule has 0 unspecified atom stereocenters. The summed E-state index contributed by atoms with van der Waals surface area (Å²) < 4.78 is 2.06. The third-order valence-corrected chi connectivity index (χ3v) is 5.26. The molecule has 30 heavy (non-hydrogen) atoms. The first-order chi connectivity index (χ1) is 14.0. The molecule has 156 valence electrons. The first kappa shape index (κ1) is 21.8. The van der Waals surface area contributed by atoms with Gasteiger partial charge in [0.1, 0.15) is 5.78 Å². The minimum absolute atomic E-state index is 0.0488. The Balaban J connectivity index is 2.33. The molecule has 0 N–H and O–H groups in total. The molecular formula is C27H31NO2. The first-order valence-electron chi connectivity index (χ1n) is 10.4. The van der Waals surface area contributed by atoms with Crippen molar-refractivity contribution >= 4 is 11.6 Å². The smallest absolute Gasteiger partial charge is 0.170 e. The van der Waals surface area contributed by atoms with Crippen LogP contribution in [0.5, 0.6) is 0 Å². The van der Waals surface area contributed by atoms with Gasteiger partial charge in [-0.1, -0.05) is 90.1 Å². The summed E-state index contributed by atoms with van der Waals surface area (Å²) in [5.74, 6) is 0.169. The predicted octanol–water partition coefficient (Wildman–Crippen LogP) is 6.53. The minimum Gasteiger partial charge on any atom is -0.316 e. The average Bonchev–Trinajstić information content (AvgIpc) is 3.06. The fraction of sp³-hybridized carbons (Fsp3) is 0.333. The van der Waals surface area contributed by atoms with Gasteiger partial charge in [0.25, 0.3) is 0 Å². The lowest BCUT2D eigenvalue weighted by atomic mass is 9.81. The maximum absolute atomic E-state index is 13.6. The summed E-state index contributed by atoms with van der Waals surface area (Å²) in [5.41, 5.74) is 3.18. The molecule has 0 saturated heterocycles. The maximum Gasteiger partial charge on any atom is 0.170 e. The number of benzene rings is 2. The normalized spacial score (nSPS) is 12.1. The summed E-state index contributed by atoms with van der Waals surface area (Å²) in [4.78, 5) is 26.6. The Morgan fingerprint density at radius 1 is 0.767 bits per heavy atom. The highest BCUT2D eigenvalue weighted by atomic mass is 16.1. The molecule has 2 aromatic carbocycles. The number of rotatable bonds is 5. The molecule has 0 aliphatic heterocycles. The summed E-state index contributed by atoms with van der Waals surface area (Å²) in [5, 5.41) is 0. The van der Waals surface area contributed by atoms with Crippen LogP contribution in [0.3, 0.4) is 0 Å². The Bertz CT molecular complexity index is 1050. The molecule has 0 fully saturated rings. The number of ketones is 2. The second kappa shape index (κ2) is 8.06. The molecule has 0 bridgehead atoms. The molecule has 0 aliphatic carbocycles. The van der Waals surface area contributed by atoms with Gasteiger partial charge in [0.05, 0.1) is 5.69 Å². The van der Waals surface area contributed by atoms with Crippen molar-refractivity contribution < 1.29 is 9.59 Å². The molecule has 3 heteroatoms. The van der Waals surface area contributed by atoms with Crippen LogP contribution in [-0.4, -0.2) is 16.1 Å². The molecule has 0 atom stereocenters. The third kappa shape index (κ3) is 4.46. The van der Waals surface area contributed by atoms with E-state index in [-0.39, 0.29) is 18.0 Å². The van der Waals surface area contributed by atoms with Crippen molar-refractivity contribution in [2.75, 3.05) is 0 Å². The topological polar surface area (TPSA) is 39.1 Å². The highest BCUT2D eigenvalue weighted by molar-refractivity contribution is 6.07. The average molecular weight is 402 g/mol. The summed E-state index contributed by atoms with van der Waals surface area (Å²) >= 11 is 0. The van der Waals surface area contributed by atoms with Gasteiger partial charge >= 0.3 is 0 Å². The van der Waals surface area contributed by atoms with Crippen molar-refractivity contribution in [3.8, 4) is 16.9 Å². The molecule has 3 nitrogen and oxygen atoms in total. The van der Waals surface area contributed by atoms with Crippen LogP contribution in [0, 0.1) is 10.8 Å². The Morgan fingerprint density at radius 2 is 1.30 bits per heavy atom. The van der Waals surface area contributed by atoms with Crippen LogP contribution in [0.15, 0.2) is 66.9 Å². The number of hydrogen-bond acceptors (Lipinski definition) is 2. The van der Waals surface area contributed by atoms with E-state index in [9.17, 15) is 9.59 Å². The van der Waals surface area contributed by atoms with Gasteiger partial charge in [0.15, 0.2) is 5.78 Å². The third-order valence-electron chi connectivity index (χ3n) is 5.26. The van der Waals surface area contributed by atoms with Gasteiger partial charge in [-0.3, -0.25) is 9.59 Å². The Labute approximate surface area is 179 Å². The molecular weight excluding hydrogens is 370 g/mol. The standard InChI is InChI=1S/C27H31NO2/c1-26(2,3)22(29)17-20-18-28(21-15-11-8-12-16-21)24(19-13-9-7-10-14-19)23(20)25(30)27(4,5)6/h7-16,18H,17H2,1-6H3. The zero-order valence-corrected chi connectivity index (χ0v) is 18.8. The van der Waals surface area contributed by atoms with Crippen LogP contribution < -0.4 is 0 Å². The van der Waals surface area contributed by atoms with Crippen molar-refractivity contribution in [3.05, 3.63) is 78.0 Å². The lowest BCUT2D eigenvalue weighted by molar-refractivity contribution is -0.125. The largest absolute Gasteiger partial charge is 0.316 e. The molecule has 1 heterocycles.